The first-order chi connectivity index (χ1) is 8.40. The number of aliphatic hydroxyl groups excluding tert-OH is 1. The zero-order chi connectivity index (χ0) is 13.7. The number of benzene rings is 1. The van der Waals surface area contributed by atoms with Crippen molar-refractivity contribution in [2.75, 3.05) is 18.9 Å². The third-order valence-electron chi connectivity index (χ3n) is 2.38. The molecule has 2 N–H and O–H groups in total. The molecule has 1 atom stereocenters. The number of nitrogens with zero attached hydrogens (tertiary/aromatic N) is 1. The van der Waals surface area contributed by atoms with Crippen LogP contribution in [-0.4, -0.2) is 36.1 Å². The molecule has 0 aliphatic heterocycles. The molecule has 0 bridgehead atoms. The van der Waals surface area contributed by atoms with Crippen LogP contribution in [0.4, 0.5) is 19.3 Å². The molecule has 1 aromatic rings. The van der Waals surface area contributed by atoms with E-state index in [2.05, 4.69) is 5.32 Å². The lowest BCUT2D eigenvalue weighted by Crippen LogP contribution is -2.34. The number of hydrogen-bond donors (Lipinski definition) is 2. The highest BCUT2D eigenvalue weighted by Gasteiger charge is 2.14. The molecule has 0 saturated heterocycles. The molecule has 0 spiro atoms. The van der Waals surface area contributed by atoms with Crippen molar-refractivity contribution in [1.29, 1.82) is 0 Å². The fraction of sp³-hybridized carbons (Fsp3) is 0.417. The van der Waals surface area contributed by atoms with Gasteiger partial charge in [-0.2, -0.15) is 0 Å². The number of aliphatic hydroxyl groups is 1. The first kappa shape index (κ1) is 14.4. The monoisotopic (exact) mass is 258 g/mol. The van der Waals surface area contributed by atoms with E-state index in [-0.39, 0.29) is 0 Å². The number of nitrogens with one attached hydrogen (secondary N) is 1. The van der Waals surface area contributed by atoms with Crippen LogP contribution in [0, 0.1) is 0 Å². The van der Waals surface area contributed by atoms with Crippen LogP contribution in [0.3, 0.4) is 0 Å². The minimum Gasteiger partial charge on any atom is -0.389 e. The first-order valence-electron chi connectivity index (χ1n) is 5.48. The fourth-order valence-electron chi connectivity index (χ4n) is 1.39. The second kappa shape index (κ2) is 6.30. The number of alkyl halides is 2. The molecule has 0 aliphatic rings. The second-order valence-electron chi connectivity index (χ2n) is 4.00. The summed E-state index contributed by atoms with van der Waals surface area (Å²) in [5.41, 5.74) is 1.10. The Morgan fingerprint density at radius 1 is 1.50 bits per heavy atom. The maximum Gasteiger partial charge on any atom is 0.321 e. The van der Waals surface area contributed by atoms with Gasteiger partial charge in [0.15, 0.2) is 0 Å². The Labute approximate surface area is 104 Å². The summed E-state index contributed by atoms with van der Waals surface area (Å²) < 4.78 is 24.2. The van der Waals surface area contributed by atoms with E-state index in [0.29, 0.717) is 11.3 Å². The van der Waals surface area contributed by atoms with Gasteiger partial charge >= 0.3 is 6.03 Å². The molecule has 0 aliphatic carbocycles. The van der Waals surface area contributed by atoms with Gasteiger partial charge in [0.25, 0.3) is 6.43 Å². The summed E-state index contributed by atoms with van der Waals surface area (Å²) in [5.74, 6) is 0. The first-order valence-corrected chi connectivity index (χ1v) is 5.48. The summed E-state index contributed by atoms with van der Waals surface area (Å²) in [7, 11) is 1.29. The lowest BCUT2D eigenvalue weighted by atomic mass is 10.1. The number of carbonyl (C=O) groups excluding carboxylic acids is 1. The largest absolute Gasteiger partial charge is 0.389 e. The van der Waals surface area contributed by atoms with Gasteiger partial charge in [0.05, 0.1) is 12.6 Å². The number of urea groups is 1. The standard InChI is InChI=1S/C12H16F2N2O2/c1-8(17)9-4-3-5-10(6-9)15-12(18)16(2)7-11(13)14/h3-6,8,11,17H,7H2,1-2H3,(H,15,18). The van der Waals surface area contributed by atoms with Crippen molar-refractivity contribution in [1.82, 2.24) is 4.90 Å². The molecular formula is C12H16F2N2O2. The third kappa shape index (κ3) is 4.29. The number of halogens is 2. The van der Waals surface area contributed by atoms with Crippen molar-refractivity contribution in [2.45, 2.75) is 19.5 Å². The van der Waals surface area contributed by atoms with Gasteiger partial charge in [-0.05, 0) is 24.6 Å². The number of amides is 2. The summed E-state index contributed by atoms with van der Waals surface area (Å²) in [6, 6.07) is 5.99. The van der Waals surface area contributed by atoms with Crippen LogP contribution in [0.1, 0.15) is 18.6 Å². The van der Waals surface area contributed by atoms with E-state index in [1.807, 2.05) is 0 Å². The van der Waals surface area contributed by atoms with Crippen molar-refractivity contribution in [3.05, 3.63) is 29.8 Å². The fourth-order valence-corrected chi connectivity index (χ4v) is 1.39. The van der Waals surface area contributed by atoms with Gasteiger partial charge in [-0.15, -0.1) is 0 Å². The highest BCUT2D eigenvalue weighted by atomic mass is 19.3. The van der Waals surface area contributed by atoms with E-state index in [4.69, 9.17) is 0 Å². The van der Waals surface area contributed by atoms with Gasteiger partial charge in [0, 0.05) is 12.7 Å². The van der Waals surface area contributed by atoms with E-state index in [9.17, 15) is 18.7 Å². The molecule has 1 rings (SSSR count). The van der Waals surface area contributed by atoms with Crippen molar-refractivity contribution in [2.24, 2.45) is 0 Å². The number of carbonyl (C=O) groups is 1. The van der Waals surface area contributed by atoms with Crippen molar-refractivity contribution < 1.29 is 18.7 Å². The Morgan fingerprint density at radius 3 is 2.72 bits per heavy atom. The summed E-state index contributed by atoms with van der Waals surface area (Å²) in [5, 5.41) is 11.9. The average molecular weight is 258 g/mol. The Balaban J connectivity index is 2.67. The van der Waals surface area contributed by atoms with Gasteiger partial charge in [-0.1, -0.05) is 12.1 Å². The molecule has 2 amide bonds. The number of anilines is 1. The minimum atomic E-state index is -2.57. The molecule has 1 unspecified atom stereocenters. The Hall–Kier alpha value is -1.69. The van der Waals surface area contributed by atoms with Gasteiger partial charge < -0.3 is 15.3 Å². The molecule has 4 nitrogen and oxygen atoms in total. The molecule has 0 aromatic heterocycles. The number of hydrogen-bond acceptors (Lipinski definition) is 2. The Kier molecular flexibility index (Phi) is 5.03. The van der Waals surface area contributed by atoms with E-state index < -0.39 is 25.1 Å². The van der Waals surface area contributed by atoms with Crippen LogP contribution in [-0.2, 0) is 0 Å². The maximum atomic E-state index is 12.1. The van der Waals surface area contributed by atoms with Crippen LogP contribution in [0.5, 0.6) is 0 Å². The van der Waals surface area contributed by atoms with Gasteiger partial charge in [-0.25, -0.2) is 13.6 Å². The van der Waals surface area contributed by atoms with Crippen LogP contribution < -0.4 is 5.32 Å². The zero-order valence-corrected chi connectivity index (χ0v) is 10.2. The van der Waals surface area contributed by atoms with E-state index in [1.165, 1.54) is 7.05 Å². The van der Waals surface area contributed by atoms with E-state index in [1.54, 1.807) is 31.2 Å². The Morgan fingerprint density at radius 2 is 2.17 bits per heavy atom. The number of rotatable bonds is 4. The quantitative estimate of drug-likeness (QED) is 0.871. The maximum absolute atomic E-state index is 12.1. The molecular weight excluding hydrogens is 242 g/mol. The highest BCUT2D eigenvalue weighted by Crippen LogP contribution is 2.17. The highest BCUT2D eigenvalue weighted by molar-refractivity contribution is 5.89. The smallest absolute Gasteiger partial charge is 0.321 e. The molecule has 0 fully saturated rings. The summed E-state index contributed by atoms with van der Waals surface area (Å²) in [4.78, 5) is 12.5. The van der Waals surface area contributed by atoms with Crippen molar-refractivity contribution in [3.63, 3.8) is 0 Å². The SMILES string of the molecule is CC(O)c1cccc(NC(=O)N(C)CC(F)F)c1. The predicted octanol–water partition coefficient (Wildman–Crippen LogP) is 2.47. The lowest BCUT2D eigenvalue weighted by molar-refractivity contribution is 0.111. The predicted molar refractivity (Wildman–Crippen MR) is 64.7 cm³/mol. The van der Waals surface area contributed by atoms with Crippen LogP contribution in [0.25, 0.3) is 0 Å². The minimum absolute atomic E-state index is 0.458. The molecule has 18 heavy (non-hydrogen) atoms. The van der Waals surface area contributed by atoms with E-state index >= 15 is 0 Å². The van der Waals surface area contributed by atoms with Crippen molar-refractivity contribution >= 4 is 11.7 Å². The summed E-state index contributed by atoms with van der Waals surface area (Å²) >= 11 is 0. The molecule has 100 valence electrons. The van der Waals surface area contributed by atoms with Gasteiger partial charge in [-0.3, -0.25) is 0 Å². The molecule has 6 heteroatoms. The van der Waals surface area contributed by atoms with Crippen molar-refractivity contribution in [3.8, 4) is 0 Å². The molecule has 0 radical (unpaired) electrons. The Bertz CT molecular complexity index is 411. The van der Waals surface area contributed by atoms with Gasteiger partial charge in [0.1, 0.15) is 0 Å². The van der Waals surface area contributed by atoms with E-state index in [0.717, 1.165) is 4.90 Å². The third-order valence-corrected chi connectivity index (χ3v) is 2.38. The van der Waals surface area contributed by atoms with Crippen LogP contribution in [0.15, 0.2) is 24.3 Å². The zero-order valence-electron chi connectivity index (χ0n) is 10.2. The summed E-state index contributed by atoms with van der Waals surface area (Å²) in [6.45, 7) is 0.978. The second-order valence-corrected chi connectivity index (χ2v) is 4.00. The van der Waals surface area contributed by atoms with Crippen LogP contribution >= 0.6 is 0 Å². The van der Waals surface area contributed by atoms with Crippen LogP contribution in [0.2, 0.25) is 0 Å². The summed E-state index contributed by atoms with van der Waals surface area (Å²) in [6.07, 6.45) is -3.22. The lowest BCUT2D eigenvalue weighted by Gasteiger charge is -2.17. The molecule has 1 aromatic carbocycles. The normalized spacial score (nSPS) is 12.3. The average Bonchev–Trinajstić information content (AvgIpc) is 2.28. The van der Waals surface area contributed by atoms with Gasteiger partial charge in [0.2, 0.25) is 0 Å². The topological polar surface area (TPSA) is 52.6 Å². The molecule has 0 heterocycles. The molecule has 0 saturated carbocycles.